The second kappa shape index (κ2) is 4.23. The van der Waals surface area contributed by atoms with E-state index < -0.39 is 12.0 Å². The summed E-state index contributed by atoms with van der Waals surface area (Å²) in [5.41, 5.74) is 0. The summed E-state index contributed by atoms with van der Waals surface area (Å²) in [6, 6.07) is -0.610. The summed E-state index contributed by atoms with van der Waals surface area (Å²) in [5.74, 6) is -1.03. The highest BCUT2D eigenvalue weighted by molar-refractivity contribution is 5.85. The SMILES string of the molecule is CNCC(=O)N1CCC[C@H]1C(=O)O. The summed E-state index contributed by atoms with van der Waals surface area (Å²) in [5, 5.41) is 11.5. The molecule has 1 fully saturated rings. The van der Waals surface area contributed by atoms with Crippen molar-refractivity contribution in [3.8, 4) is 0 Å². The number of nitrogens with one attached hydrogen (secondary N) is 1. The van der Waals surface area contributed by atoms with Crippen molar-refractivity contribution in [3.05, 3.63) is 0 Å². The van der Waals surface area contributed by atoms with Crippen LogP contribution < -0.4 is 5.32 Å². The molecule has 1 amide bonds. The van der Waals surface area contributed by atoms with Crippen LogP contribution in [0.5, 0.6) is 0 Å². The highest BCUT2D eigenvalue weighted by Gasteiger charge is 2.33. The van der Waals surface area contributed by atoms with Gasteiger partial charge in [-0.2, -0.15) is 0 Å². The normalized spacial score (nSPS) is 21.9. The van der Waals surface area contributed by atoms with E-state index in [1.165, 1.54) is 4.90 Å². The second-order valence-electron chi connectivity index (χ2n) is 3.11. The van der Waals surface area contributed by atoms with Crippen molar-refractivity contribution in [1.29, 1.82) is 0 Å². The molecular weight excluding hydrogens is 172 g/mol. The summed E-state index contributed by atoms with van der Waals surface area (Å²) in [6.07, 6.45) is 1.36. The average molecular weight is 186 g/mol. The number of carboxylic acid groups (broad SMARTS) is 1. The van der Waals surface area contributed by atoms with E-state index >= 15 is 0 Å². The molecule has 1 atom stereocenters. The molecule has 74 valence electrons. The van der Waals surface area contributed by atoms with Crippen LogP contribution in [0.1, 0.15) is 12.8 Å². The van der Waals surface area contributed by atoms with E-state index in [1.807, 2.05) is 0 Å². The number of hydrogen-bond donors (Lipinski definition) is 2. The molecule has 0 aromatic heterocycles. The molecule has 5 nitrogen and oxygen atoms in total. The minimum atomic E-state index is -0.901. The van der Waals surface area contributed by atoms with Gasteiger partial charge in [0.1, 0.15) is 6.04 Å². The van der Waals surface area contributed by atoms with Crippen molar-refractivity contribution >= 4 is 11.9 Å². The molecule has 1 rings (SSSR count). The smallest absolute Gasteiger partial charge is 0.326 e. The first-order chi connectivity index (χ1) is 6.16. The Kier molecular flexibility index (Phi) is 3.25. The largest absolute Gasteiger partial charge is 0.480 e. The van der Waals surface area contributed by atoms with Crippen molar-refractivity contribution < 1.29 is 14.7 Å². The maximum Gasteiger partial charge on any atom is 0.326 e. The fourth-order valence-corrected chi connectivity index (χ4v) is 1.57. The lowest BCUT2D eigenvalue weighted by Crippen LogP contribution is -2.43. The Balaban J connectivity index is 2.57. The summed E-state index contributed by atoms with van der Waals surface area (Å²) in [6.45, 7) is 0.779. The Morgan fingerprint density at radius 1 is 1.62 bits per heavy atom. The van der Waals surface area contributed by atoms with Crippen molar-refractivity contribution in [2.24, 2.45) is 0 Å². The third kappa shape index (κ3) is 2.18. The quantitative estimate of drug-likeness (QED) is 0.610. The summed E-state index contributed by atoms with van der Waals surface area (Å²) in [7, 11) is 1.67. The first-order valence-electron chi connectivity index (χ1n) is 4.33. The zero-order chi connectivity index (χ0) is 9.84. The van der Waals surface area contributed by atoms with Gasteiger partial charge >= 0.3 is 5.97 Å². The number of rotatable bonds is 3. The van der Waals surface area contributed by atoms with Gasteiger partial charge in [-0.05, 0) is 19.9 Å². The molecule has 0 aliphatic carbocycles. The van der Waals surface area contributed by atoms with Crippen LogP contribution >= 0.6 is 0 Å². The molecule has 1 saturated heterocycles. The third-order valence-corrected chi connectivity index (χ3v) is 2.19. The first-order valence-corrected chi connectivity index (χ1v) is 4.33. The Bertz CT molecular complexity index is 217. The van der Waals surface area contributed by atoms with E-state index in [4.69, 9.17) is 5.11 Å². The number of carboxylic acids is 1. The average Bonchev–Trinajstić information content (AvgIpc) is 2.52. The van der Waals surface area contributed by atoms with E-state index in [1.54, 1.807) is 7.05 Å². The molecule has 0 spiro atoms. The second-order valence-corrected chi connectivity index (χ2v) is 3.11. The van der Waals surface area contributed by atoms with Gasteiger partial charge in [0.2, 0.25) is 5.91 Å². The first kappa shape index (κ1) is 9.98. The van der Waals surface area contributed by atoms with Crippen LogP contribution in [0, 0.1) is 0 Å². The fraction of sp³-hybridized carbons (Fsp3) is 0.750. The zero-order valence-corrected chi connectivity index (χ0v) is 7.62. The molecule has 1 aliphatic heterocycles. The van der Waals surface area contributed by atoms with Gasteiger partial charge in [0, 0.05) is 6.54 Å². The van der Waals surface area contributed by atoms with Crippen LogP contribution in [-0.2, 0) is 9.59 Å². The van der Waals surface area contributed by atoms with Crippen LogP contribution in [0.2, 0.25) is 0 Å². The molecule has 1 aliphatic rings. The Labute approximate surface area is 76.7 Å². The number of hydrogen-bond acceptors (Lipinski definition) is 3. The van der Waals surface area contributed by atoms with Crippen molar-refractivity contribution in [2.45, 2.75) is 18.9 Å². The maximum atomic E-state index is 11.4. The van der Waals surface area contributed by atoms with Crippen LogP contribution in [0.4, 0.5) is 0 Å². The van der Waals surface area contributed by atoms with E-state index in [2.05, 4.69) is 5.32 Å². The monoisotopic (exact) mass is 186 g/mol. The molecule has 0 unspecified atom stereocenters. The van der Waals surface area contributed by atoms with Gasteiger partial charge in [-0.3, -0.25) is 4.79 Å². The number of nitrogens with zero attached hydrogens (tertiary/aromatic N) is 1. The Hall–Kier alpha value is -1.10. The van der Waals surface area contributed by atoms with E-state index in [9.17, 15) is 9.59 Å². The van der Waals surface area contributed by atoms with E-state index in [0.717, 1.165) is 6.42 Å². The molecule has 0 aromatic rings. The number of likely N-dealkylation sites (N-methyl/N-ethyl adjacent to an activating group) is 1. The number of amides is 1. The lowest BCUT2D eigenvalue weighted by molar-refractivity contribution is -0.147. The molecule has 13 heavy (non-hydrogen) atoms. The fourth-order valence-electron chi connectivity index (χ4n) is 1.57. The summed E-state index contributed by atoms with van der Waals surface area (Å²) in [4.78, 5) is 23.5. The topological polar surface area (TPSA) is 69.6 Å². The van der Waals surface area contributed by atoms with Crippen LogP contribution in [0.15, 0.2) is 0 Å². The van der Waals surface area contributed by atoms with Crippen LogP contribution in [0.3, 0.4) is 0 Å². The van der Waals surface area contributed by atoms with E-state index in [-0.39, 0.29) is 12.5 Å². The van der Waals surface area contributed by atoms with Gasteiger partial charge in [-0.15, -0.1) is 0 Å². The number of likely N-dealkylation sites (tertiary alicyclic amines) is 1. The van der Waals surface area contributed by atoms with Gasteiger partial charge in [-0.25, -0.2) is 4.79 Å². The van der Waals surface area contributed by atoms with Crippen molar-refractivity contribution in [3.63, 3.8) is 0 Å². The summed E-state index contributed by atoms with van der Waals surface area (Å²) < 4.78 is 0. The molecule has 0 aromatic carbocycles. The minimum absolute atomic E-state index is 0.132. The lowest BCUT2D eigenvalue weighted by atomic mass is 10.2. The number of carbonyl (C=O) groups is 2. The zero-order valence-electron chi connectivity index (χ0n) is 7.62. The molecule has 0 saturated carbocycles. The highest BCUT2D eigenvalue weighted by Crippen LogP contribution is 2.16. The molecule has 1 heterocycles. The van der Waals surface area contributed by atoms with Gasteiger partial charge in [0.25, 0.3) is 0 Å². The predicted molar refractivity (Wildman–Crippen MR) is 46.3 cm³/mol. The molecule has 0 bridgehead atoms. The van der Waals surface area contributed by atoms with Gasteiger partial charge < -0.3 is 15.3 Å². The third-order valence-electron chi connectivity index (χ3n) is 2.19. The highest BCUT2D eigenvalue weighted by atomic mass is 16.4. The Morgan fingerprint density at radius 3 is 2.85 bits per heavy atom. The van der Waals surface area contributed by atoms with E-state index in [0.29, 0.717) is 13.0 Å². The lowest BCUT2D eigenvalue weighted by Gasteiger charge is -2.20. The van der Waals surface area contributed by atoms with Gasteiger partial charge in [0.05, 0.1) is 6.54 Å². The standard InChI is InChI=1S/C8H14N2O3/c1-9-5-7(11)10-4-2-3-6(10)8(12)13/h6,9H,2-5H2,1H3,(H,12,13)/t6-/m0/s1. The number of carbonyl (C=O) groups excluding carboxylic acids is 1. The van der Waals surface area contributed by atoms with Crippen LogP contribution in [-0.4, -0.2) is 48.1 Å². The van der Waals surface area contributed by atoms with Crippen molar-refractivity contribution in [1.82, 2.24) is 10.2 Å². The van der Waals surface area contributed by atoms with Gasteiger partial charge in [-0.1, -0.05) is 0 Å². The predicted octanol–water partition coefficient (Wildman–Crippen LogP) is -0.719. The maximum absolute atomic E-state index is 11.4. The van der Waals surface area contributed by atoms with Crippen LogP contribution in [0.25, 0.3) is 0 Å². The Morgan fingerprint density at radius 2 is 2.31 bits per heavy atom. The molecular formula is C8H14N2O3. The summed E-state index contributed by atoms with van der Waals surface area (Å²) >= 11 is 0. The number of aliphatic carboxylic acids is 1. The molecule has 0 radical (unpaired) electrons. The van der Waals surface area contributed by atoms with Gasteiger partial charge in [0.15, 0.2) is 0 Å². The molecule has 2 N–H and O–H groups in total. The minimum Gasteiger partial charge on any atom is -0.480 e. The molecule has 5 heteroatoms. The van der Waals surface area contributed by atoms with Crippen molar-refractivity contribution in [2.75, 3.05) is 20.1 Å².